The van der Waals surface area contributed by atoms with Gasteiger partial charge in [-0.3, -0.25) is 4.79 Å². The van der Waals surface area contributed by atoms with Crippen LogP contribution in [0, 0.1) is 13.8 Å². The molecule has 0 aliphatic carbocycles. The maximum atomic E-state index is 12.6. The van der Waals surface area contributed by atoms with Crippen molar-refractivity contribution in [2.45, 2.75) is 52.2 Å². The molecule has 2 aromatic heterocycles. The molecule has 0 radical (unpaired) electrons. The lowest BCUT2D eigenvalue weighted by atomic mass is 9.88. The van der Waals surface area contributed by atoms with Crippen LogP contribution in [-0.4, -0.2) is 45.6 Å². The van der Waals surface area contributed by atoms with Crippen LogP contribution in [0.5, 0.6) is 5.75 Å². The molecule has 1 unspecified atom stereocenters. The largest absolute Gasteiger partial charge is 0.489 e. The lowest BCUT2D eigenvalue weighted by molar-refractivity contribution is -0.142. The highest BCUT2D eigenvalue weighted by molar-refractivity contribution is 7.22. The topological polar surface area (TPSA) is 79.7 Å². The number of amides is 1. The second-order valence-corrected chi connectivity index (χ2v) is 11.0. The molecule has 7 heteroatoms. The van der Waals surface area contributed by atoms with Gasteiger partial charge in [0.25, 0.3) is 0 Å². The van der Waals surface area contributed by atoms with E-state index in [1.54, 1.807) is 28.4 Å². The number of rotatable bonds is 4. The number of hydrogen-bond donors (Lipinski definition) is 1. The minimum atomic E-state index is -1.03. The smallest absolute Gasteiger partial charge is 0.336 e. The Morgan fingerprint density at radius 2 is 1.94 bits per heavy atom. The highest BCUT2D eigenvalue weighted by Gasteiger charge is 2.38. The number of carboxylic acids is 1. The van der Waals surface area contributed by atoms with Gasteiger partial charge in [0.2, 0.25) is 5.91 Å². The maximum absolute atomic E-state index is 12.6. The van der Waals surface area contributed by atoms with E-state index in [-0.39, 0.29) is 29.5 Å². The zero-order valence-corrected chi connectivity index (χ0v) is 21.3. The molecule has 0 spiro atoms. The Bertz CT molecular complexity index is 1500. The molecule has 1 saturated heterocycles. The van der Waals surface area contributed by atoms with Gasteiger partial charge in [-0.25, -0.2) is 9.78 Å². The summed E-state index contributed by atoms with van der Waals surface area (Å²) in [6, 6.07) is 13.5. The fraction of sp³-hybridized carbons (Fsp3) is 0.321. The van der Waals surface area contributed by atoms with Crippen LogP contribution in [0.15, 0.2) is 42.5 Å². The zero-order chi connectivity index (χ0) is 25.1. The van der Waals surface area contributed by atoms with E-state index in [4.69, 9.17) is 9.72 Å². The van der Waals surface area contributed by atoms with E-state index in [2.05, 4.69) is 12.1 Å². The molecule has 4 aromatic rings. The number of ether oxygens (including phenoxy) is 1. The van der Waals surface area contributed by atoms with E-state index in [0.29, 0.717) is 28.8 Å². The first-order valence-electron chi connectivity index (χ1n) is 11.7. The summed E-state index contributed by atoms with van der Waals surface area (Å²) in [7, 11) is 1.81. The lowest BCUT2D eigenvalue weighted by Gasteiger charge is -2.43. The Kier molecular flexibility index (Phi) is 5.55. The standard InChI is InChI=1S/C28H28N2O4S/c1-15-10-11-21(34-17-12-23(31)30(5)28(3,4)14-17)24-19(27(32)33)13-20(29-25(15)24)26-16(2)18-8-6-7-9-22(18)35-26/h6-11,13,17H,12,14H2,1-5H3,(H,32,33). The van der Waals surface area contributed by atoms with Crippen LogP contribution >= 0.6 is 11.3 Å². The van der Waals surface area contributed by atoms with Gasteiger partial charge in [-0.2, -0.15) is 0 Å². The Labute approximate surface area is 208 Å². The third-order valence-corrected chi connectivity index (χ3v) is 8.43. The molecule has 1 amide bonds. The monoisotopic (exact) mass is 488 g/mol. The maximum Gasteiger partial charge on any atom is 0.336 e. The molecule has 0 bridgehead atoms. The number of carboxylic acid groups (broad SMARTS) is 1. The summed E-state index contributed by atoms with van der Waals surface area (Å²) in [5, 5.41) is 11.8. The van der Waals surface area contributed by atoms with Crippen molar-refractivity contribution < 1.29 is 19.4 Å². The number of aryl methyl sites for hydroxylation is 2. The number of nitrogens with zero attached hydrogens (tertiary/aromatic N) is 2. The first kappa shape index (κ1) is 23.3. The minimum absolute atomic E-state index is 0.0155. The van der Waals surface area contributed by atoms with E-state index in [9.17, 15) is 14.7 Å². The normalized spacial score (nSPS) is 17.8. The Morgan fingerprint density at radius 3 is 2.63 bits per heavy atom. The van der Waals surface area contributed by atoms with Gasteiger partial charge in [-0.15, -0.1) is 11.3 Å². The van der Waals surface area contributed by atoms with Crippen molar-refractivity contribution >= 4 is 44.2 Å². The molecular weight excluding hydrogens is 460 g/mol. The van der Waals surface area contributed by atoms with Gasteiger partial charge in [0.1, 0.15) is 11.9 Å². The van der Waals surface area contributed by atoms with Crippen LogP contribution < -0.4 is 4.74 Å². The summed E-state index contributed by atoms with van der Waals surface area (Å²) in [6.07, 6.45) is 0.565. The van der Waals surface area contributed by atoms with E-state index < -0.39 is 5.97 Å². The second kappa shape index (κ2) is 8.34. The molecule has 1 aliphatic heterocycles. The molecule has 0 saturated carbocycles. The fourth-order valence-electron chi connectivity index (χ4n) is 4.94. The number of aromatic carboxylic acids is 1. The second-order valence-electron chi connectivity index (χ2n) is 9.93. The third-order valence-electron chi connectivity index (χ3n) is 7.14. The number of fused-ring (bicyclic) bond motifs is 2. The quantitative estimate of drug-likeness (QED) is 0.369. The van der Waals surface area contributed by atoms with Gasteiger partial charge in [0.05, 0.1) is 33.5 Å². The number of carbonyl (C=O) groups excluding carboxylic acids is 1. The number of likely N-dealkylation sites (tertiary alicyclic amines) is 1. The molecule has 5 rings (SSSR count). The molecule has 2 aromatic carbocycles. The molecule has 1 atom stereocenters. The van der Waals surface area contributed by atoms with Crippen LogP contribution in [0.3, 0.4) is 0 Å². The van der Waals surface area contributed by atoms with Crippen molar-refractivity contribution in [3.63, 3.8) is 0 Å². The summed E-state index contributed by atoms with van der Waals surface area (Å²) in [4.78, 5) is 32.7. The molecule has 1 aliphatic rings. The van der Waals surface area contributed by atoms with Crippen molar-refractivity contribution in [2.24, 2.45) is 0 Å². The number of aromatic nitrogens is 1. The van der Waals surface area contributed by atoms with Gasteiger partial charge in [0.15, 0.2) is 0 Å². The summed E-state index contributed by atoms with van der Waals surface area (Å²) in [6.45, 7) is 8.00. The Morgan fingerprint density at radius 1 is 1.20 bits per heavy atom. The molecule has 1 fully saturated rings. The predicted molar refractivity (Wildman–Crippen MR) is 139 cm³/mol. The van der Waals surface area contributed by atoms with Gasteiger partial charge in [0, 0.05) is 23.7 Å². The van der Waals surface area contributed by atoms with E-state index in [1.165, 1.54) is 0 Å². The Balaban J connectivity index is 1.65. The first-order chi connectivity index (χ1) is 16.6. The molecule has 35 heavy (non-hydrogen) atoms. The molecular formula is C28H28N2O4S. The van der Waals surface area contributed by atoms with Crippen LogP contribution in [0.25, 0.3) is 31.6 Å². The van der Waals surface area contributed by atoms with Gasteiger partial charge in [-0.1, -0.05) is 24.3 Å². The fourth-order valence-corrected chi connectivity index (χ4v) is 6.11. The highest BCUT2D eigenvalue weighted by Crippen LogP contribution is 2.41. The third kappa shape index (κ3) is 3.93. The van der Waals surface area contributed by atoms with Crippen LogP contribution in [0.4, 0.5) is 0 Å². The van der Waals surface area contributed by atoms with Crippen molar-refractivity contribution in [1.82, 2.24) is 9.88 Å². The number of hydrogen-bond acceptors (Lipinski definition) is 5. The van der Waals surface area contributed by atoms with E-state index in [1.807, 2.05) is 52.9 Å². The minimum Gasteiger partial charge on any atom is -0.489 e. The van der Waals surface area contributed by atoms with Crippen LogP contribution in [-0.2, 0) is 4.79 Å². The van der Waals surface area contributed by atoms with Crippen molar-refractivity contribution in [3.05, 3.63) is 59.2 Å². The number of pyridine rings is 1. The summed E-state index contributed by atoms with van der Waals surface area (Å²) in [5.74, 6) is -0.567. The van der Waals surface area contributed by atoms with E-state index >= 15 is 0 Å². The summed E-state index contributed by atoms with van der Waals surface area (Å²) < 4.78 is 7.48. The molecule has 180 valence electrons. The Hall–Kier alpha value is -3.45. The predicted octanol–water partition coefficient (Wildman–Crippen LogP) is 6.21. The summed E-state index contributed by atoms with van der Waals surface area (Å²) in [5.41, 5.74) is 3.01. The average molecular weight is 489 g/mol. The average Bonchev–Trinajstić information content (AvgIpc) is 3.15. The molecule has 6 nitrogen and oxygen atoms in total. The number of benzene rings is 2. The van der Waals surface area contributed by atoms with Crippen molar-refractivity contribution in [1.29, 1.82) is 0 Å². The highest BCUT2D eigenvalue weighted by atomic mass is 32.1. The van der Waals surface area contributed by atoms with Crippen LogP contribution in [0.2, 0.25) is 0 Å². The van der Waals surface area contributed by atoms with Crippen LogP contribution in [0.1, 0.15) is 48.2 Å². The molecule has 3 heterocycles. The number of piperidine rings is 1. The van der Waals surface area contributed by atoms with Gasteiger partial charge < -0.3 is 14.7 Å². The summed E-state index contributed by atoms with van der Waals surface area (Å²) >= 11 is 1.62. The first-order valence-corrected chi connectivity index (χ1v) is 12.5. The van der Waals surface area contributed by atoms with Crippen molar-refractivity contribution in [2.75, 3.05) is 7.05 Å². The van der Waals surface area contributed by atoms with Gasteiger partial charge in [-0.05, 0) is 62.4 Å². The van der Waals surface area contributed by atoms with Gasteiger partial charge >= 0.3 is 5.97 Å². The number of carbonyl (C=O) groups is 2. The van der Waals surface area contributed by atoms with Crippen molar-refractivity contribution in [3.8, 4) is 16.3 Å². The molecule has 1 N–H and O–H groups in total. The zero-order valence-electron chi connectivity index (χ0n) is 20.5. The number of thiophene rings is 1. The lowest BCUT2D eigenvalue weighted by Crippen LogP contribution is -2.53. The van der Waals surface area contributed by atoms with E-state index in [0.717, 1.165) is 26.1 Å². The SMILES string of the molecule is Cc1c(-c2cc(C(=O)O)c3c(OC4CC(=O)N(C)C(C)(C)C4)ccc(C)c3n2)sc2ccccc12.